The number of ether oxygens (including phenoxy) is 1. The Labute approximate surface area is 123 Å². The fraction of sp³-hybridized carbons (Fsp3) is 0.600. The van der Waals surface area contributed by atoms with Crippen LogP contribution in [0.5, 0.6) is 0 Å². The summed E-state index contributed by atoms with van der Waals surface area (Å²) in [6.07, 6.45) is 2.05. The quantitative estimate of drug-likeness (QED) is 0.779. The third kappa shape index (κ3) is 7.04. The van der Waals surface area contributed by atoms with Gasteiger partial charge in [0.1, 0.15) is 5.82 Å². The molecule has 0 aromatic heterocycles. The highest BCUT2D eigenvalue weighted by atomic mass is 79.9. The van der Waals surface area contributed by atoms with Crippen molar-refractivity contribution in [2.45, 2.75) is 45.8 Å². The maximum absolute atomic E-state index is 13.4. The summed E-state index contributed by atoms with van der Waals surface area (Å²) >= 11 is 3.33. The van der Waals surface area contributed by atoms with Gasteiger partial charge in [-0.15, -0.1) is 0 Å². The van der Waals surface area contributed by atoms with Gasteiger partial charge in [-0.1, -0.05) is 22.9 Å². The van der Waals surface area contributed by atoms with Gasteiger partial charge < -0.3 is 10.1 Å². The van der Waals surface area contributed by atoms with Gasteiger partial charge in [-0.2, -0.15) is 0 Å². The van der Waals surface area contributed by atoms with Crippen LogP contribution in [0.4, 0.5) is 4.39 Å². The monoisotopic (exact) mass is 331 g/mol. The standard InChI is InChI=1S/C15H23BrFNO/c1-4-5-18-15(10-19-11(2)3)8-12-6-13(16)9-14(17)7-12/h6-7,9,11,15,18H,4-5,8,10H2,1-3H3. The Morgan fingerprint density at radius 3 is 2.63 bits per heavy atom. The van der Waals surface area contributed by atoms with E-state index in [1.54, 1.807) is 6.07 Å². The number of rotatable bonds is 8. The fourth-order valence-corrected chi connectivity index (χ4v) is 2.37. The highest BCUT2D eigenvalue weighted by molar-refractivity contribution is 9.10. The van der Waals surface area contributed by atoms with E-state index in [1.165, 1.54) is 6.07 Å². The van der Waals surface area contributed by atoms with Crippen LogP contribution < -0.4 is 5.32 Å². The van der Waals surface area contributed by atoms with Gasteiger partial charge in [0.15, 0.2) is 0 Å². The largest absolute Gasteiger partial charge is 0.377 e. The van der Waals surface area contributed by atoms with Crippen molar-refractivity contribution in [3.05, 3.63) is 34.1 Å². The molecule has 1 aromatic rings. The molecule has 4 heteroatoms. The molecule has 1 N–H and O–H groups in total. The molecule has 1 atom stereocenters. The first-order chi connectivity index (χ1) is 9.01. The molecule has 1 aromatic carbocycles. The van der Waals surface area contributed by atoms with Gasteiger partial charge in [0.05, 0.1) is 12.7 Å². The van der Waals surface area contributed by atoms with Crippen LogP contribution in [0.3, 0.4) is 0 Å². The molecule has 0 saturated heterocycles. The van der Waals surface area contributed by atoms with Crippen LogP contribution in [0.15, 0.2) is 22.7 Å². The van der Waals surface area contributed by atoms with Gasteiger partial charge in [0.25, 0.3) is 0 Å². The van der Waals surface area contributed by atoms with Gasteiger partial charge in [-0.05, 0) is 57.0 Å². The summed E-state index contributed by atoms with van der Waals surface area (Å²) in [5.41, 5.74) is 0.979. The molecule has 19 heavy (non-hydrogen) atoms. The second-order valence-electron chi connectivity index (χ2n) is 5.01. The summed E-state index contributed by atoms with van der Waals surface area (Å²) in [5.74, 6) is -0.205. The van der Waals surface area contributed by atoms with Crippen molar-refractivity contribution in [2.24, 2.45) is 0 Å². The van der Waals surface area contributed by atoms with E-state index in [0.717, 1.165) is 29.4 Å². The van der Waals surface area contributed by atoms with Crippen molar-refractivity contribution < 1.29 is 9.13 Å². The Hall–Kier alpha value is -0.450. The summed E-state index contributed by atoms with van der Waals surface area (Å²) in [5, 5.41) is 3.45. The first-order valence-electron chi connectivity index (χ1n) is 6.81. The molecule has 1 unspecified atom stereocenters. The smallest absolute Gasteiger partial charge is 0.124 e. The lowest BCUT2D eigenvalue weighted by molar-refractivity contribution is 0.0613. The van der Waals surface area contributed by atoms with Crippen molar-refractivity contribution in [2.75, 3.05) is 13.2 Å². The van der Waals surface area contributed by atoms with Crippen molar-refractivity contribution in [3.63, 3.8) is 0 Å². The zero-order valence-electron chi connectivity index (χ0n) is 11.9. The van der Waals surface area contributed by atoms with Crippen molar-refractivity contribution in [1.82, 2.24) is 5.32 Å². The van der Waals surface area contributed by atoms with Crippen LogP contribution in [0.25, 0.3) is 0 Å². The molecule has 0 radical (unpaired) electrons. The molecule has 0 aliphatic heterocycles. The lowest BCUT2D eigenvalue weighted by Crippen LogP contribution is -2.36. The lowest BCUT2D eigenvalue weighted by Gasteiger charge is -2.20. The normalized spacial score (nSPS) is 12.9. The lowest BCUT2D eigenvalue weighted by atomic mass is 10.1. The molecule has 0 fully saturated rings. The van der Waals surface area contributed by atoms with E-state index in [9.17, 15) is 4.39 Å². The van der Waals surface area contributed by atoms with Crippen molar-refractivity contribution >= 4 is 15.9 Å². The fourth-order valence-electron chi connectivity index (χ4n) is 1.86. The van der Waals surface area contributed by atoms with Crippen LogP contribution in [-0.2, 0) is 11.2 Å². The zero-order valence-corrected chi connectivity index (χ0v) is 13.5. The Morgan fingerprint density at radius 2 is 2.05 bits per heavy atom. The van der Waals surface area contributed by atoms with E-state index in [0.29, 0.717) is 6.61 Å². The van der Waals surface area contributed by atoms with Crippen LogP contribution in [0, 0.1) is 5.82 Å². The third-order valence-electron chi connectivity index (χ3n) is 2.72. The van der Waals surface area contributed by atoms with E-state index >= 15 is 0 Å². The molecule has 0 amide bonds. The van der Waals surface area contributed by atoms with E-state index in [1.807, 2.05) is 19.9 Å². The molecule has 0 saturated carbocycles. The minimum absolute atomic E-state index is 0.205. The number of benzene rings is 1. The van der Waals surface area contributed by atoms with Crippen LogP contribution in [0.2, 0.25) is 0 Å². The minimum Gasteiger partial charge on any atom is -0.377 e. The molecule has 108 valence electrons. The predicted octanol–water partition coefficient (Wildman–Crippen LogP) is 3.92. The molecule has 0 bridgehead atoms. The topological polar surface area (TPSA) is 21.3 Å². The maximum Gasteiger partial charge on any atom is 0.124 e. The number of halogens is 2. The predicted molar refractivity (Wildman–Crippen MR) is 81.0 cm³/mol. The Morgan fingerprint density at radius 1 is 1.32 bits per heavy atom. The van der Waals surface area contributed by atoms with E-state index in [2.05, 4.69) is 28.2 Å². The summed E-state index contributed by atoms with van der Waals surface area (Å²) in [6, 6.07) is 5.23. The SMILES string of the molecule is CCCNC(COC(C)C)Cc1cc(F)cc(Br)c1. The highest BCUT2D eigenvalue weighted by Gasteiger charge is 2.11. The number of hydrogen-bond donors (Lipinski definition) is 1. The average molecular weight is 332 g/mol. The molecular formula is C15H23BrFNO. The number of hydrogen-bond acceptors (Lipinski definition) is 2. The minimum atomic E-state index is -0.205. The second-order valence-corrected chi connectivity index (χ2v) is 5.93. The van der Waals surface area contributed by atoms with Crippen molar-refractivity contribution in [1.29, 1.82) is 0 Å². The van der Waals surface area contributed by atoms with E-state index in [4.69, 9.17) is 4.74 Å². The Balaban J connectivity index is 2.63. The van der Waals surface area contributed by atoms with E-state index < -0.39 is 0 Å². The number of nitrogens with one attached hydrogen (secondary N) is 1. The summed E-state index contributed by atoms with van der Waals surface area (Å²) in [7, 11) is 0. The second kappa shape index (κ2) is 8.67. The maximum atomic E-state index is 13.4. The van der Waals surface area contributed by atoms with Crippen LogP contribution >= 0.6 is 15.9 Å². The molecular weight excluding hydrogens is 309 g/mol. The summed E-state index contributed by atoms with van der Waals surface area (Å²) < 4.78 is 19.8. The Bertz CT molecular complexity index is 364. The van der Waals surface area contributed by atoms with Gasteiger partial charge >= 0.3 is 0 Å². The third-order valence-corrected chi connectivity index (χ3v) is 3.18. The summed E-state index contributed by atoms with van der Waals surface area (Å²) in [4.78, 5) is 0. The van der Waals surface area contributed by atoms with Gasteiger partial charge in [-0.25, -0.2) is 4.39 Å². The highest BCUT2D eigenvalue weighted by Crippen LogP contribution is 2.16. The molecule has 1 rings (SSSR count). The van der Waals surface area contributed by atoms with Gasteiger partial charge in [0, 0.05) is 10.5 Å². The Kier molecular flexibility index (Phi) is 7.57. The van der Waals surface area contributed by atoms with Crippen LogP contribution in [-0.4, -0.2) is 25.3 Å². The van der Waals surface area contributed by atoms with Crippen molar-refractivity contribution in [3.8, 4) is 0 Å². The molecule has 0 heterocycles. The molecule has 0 aliphatic carbocycles. The molecule has 0 spiro atoms. The first kappa shape index (κ1) is 16.6. The van der Waals surface area contributed by atoms with Gasteiger partial charge in [0.2, 0.25) is 0 Å². The first-order valence-corrected chi connectivity index (χ1v) is 7.60. The zero-order chi connectivity index (χ0) is 14.3. The van der Waals surface area contributed by atoms with Crippen LogP contribution in [0.1, 0.15) is 32.8 Å². The molecule has 2 nitrogen and oxygen atoms in total. The van der Waals surface area contributed by atoms with Gasteiger partial charge in [-0.3, -0.25) is 0 Å². The average Bonchev–Trinajstić information content (AvgIpc) is 2.31. The summed E-state index contributed by atoms with van der Waals surface area (Å²) in [6.45, 7) is 7.77. The van der Waals surface area contributed by atoms with E-state index in [-0.39, 0.29) is 18.0 Å². The molecule has 0 aliphatic rings.